The van der Waals surface area contributed by atoms with Gasteiger partial charge in [0, 0.05) is 10.0 Å². The van der Waals surface area contributed by atoms with Crippen molar-refractivity contribution < 1.29 is 14.6 Å². The maximum absolute atomic E-state index is 11.4. The van der Waals surface area contributed by atoms with Gasteiger partial charge in [-0.1, -0.05) is 47.1 Å². The van der Waals surface area contributed by atoms with Crippen molar-refractivity contribution in [2.75, 3.05) is 7.11 Å². The Hall–Kier alpha value is -2.07. The molecule has 0 saturated carbocycles. The van der Waals surface area contributed by atoms with Gasteiger partial charge in [-0.2, -0.15) is 0 Å². The molecule has 0 atom stereocenters. The Morgan fingerprint density at radius 2 is 1.86 bits per heavy atom. The van der Waals surface area contributed by atoms with E-state index >= 15 is 0 Å². The van der Waals surface area contributed by atoms with E-state index in [2.05, 4.69) is 15.9 Å². The van der Waals surface area contributed by atoms with Crippen LogP contribution in [0.3, 0.4) is 0 Å². The monoisotopic (exact) mass is 360 g/mol. The second-order valence-electron chi connectivity index (χ2n) is 4.75. The average Bonchev–Trinajstić information content (AvgIpc) is 2.53. The Kier molecular flexibility index (Phi) is 5.39. The van der Waals surface area contributed by atoms with Crippen molar-refractivity contribution in [3.8, 4) is 5.75 Å². The number of carboxylic acids is 1. The summed E-state index contributed by atoms with van der Waals surface area (Å²) in [7, 11) is 1.59. The highest BCUT2D eigenvalue weighted by atomic mass is 79.9. The first kappa shape index (κ1) is 16.3. The molecule has 4 heteroatoms. The maximum atomic E-state index is 11.4. The fourth-order valence-electron chi connectivity index (χ4n) is 2.34. The Morgan fingerprint density at radius 3 is 2.41 bits per heavy atom. The van der Waals surface area contributed by atoms with E-state index in [0.717, 1.165) is 21.2 Å². The van der Waals surface area contributed by atoms with Gasteiger partial charge in [-0.05, 0) is 41.8 Å². The second-order valence-corrected chi connectivity index (χ2v) is 5.67. The Bertz CT molecular complexity index is 703. The van der Waals surface area contributed by atoms with Crippen LogP contribution in [-0.2, 0) is 6.42 Å². The number of carboxylic acid groups (broad SMARTS) is 1. The van der Waals surface area contributed by atoms with Gasteiger partial charge in [0.25, 0.3) is 0 Å². The highest BCUT2D eigenvalue weighted by Gasteiger charge is 2.15. The minimum Gasteiger partial charge on any atom is -0.496 e. The molecule has 0 saturated heterocycles. The SMILES string of the molecule is CCc1c(C(=O)O)ccc(OC)c1C=Cc1ccc(Br)cc1. The smallest absolute Gasteiger partial charge is 0.335 e. The summed E-state index contributed by atoms with van der Waals surface area (Å²) in [6.45, 7) is 1.94. The summed E-state index contributed by atoms with van der Waals surface area (Å²) in [5, 5.41) is 9.33. The lowest BCUT2D eigenvalue weighted by molar-refractivity contribution is 0.0695. The molecule has 0 bridgehead atoms. The highest BCUT2D eigenvalue weighted by Crippen LogP contribution is 2.28. The van der Waals surface area contributed by atoms with Gasteiger partial charge in [0.15, 0.2) is 0 Å². The summed E-state index contributed by atoms with van der Waals surface area (Å²) >= 11 is 3.40. The molecule has 0 aliphatic heterocycles. The van der Waals surface area contributed by atoms with Gasteiger partial charge >= 0.3 is 5.97 Å². The summed E-state index contributed by atoms with van der Waals surface area (Å²) in [4.78, 5) is 11.4. The quantitative estimate of drug-likeness (QED) is 0.772. The van der Waals surface area contributed by atoms with Crippen LogP contribution in [0.1, 0.15) is 34.0 Å². The van der Waals surface area contributed by atoms with E-state index in [1.807, 2.05) is 43.3 Å². The van der Waals surface area contributed by atoms with Gasteiger partial charge in [-0.3, -0.25) is 0 Å². The van der Waals surface area contributed by atoms with Crippen molar-refractivity contribution in [3.05, 3.63) is 63.1 Å². The first-order chi connectivity index (χ1) is 10.6. The lowest BCUT2D eigenvalue weighted by Gasteiger charge is -2.12. The fourth-order valence-corrected chi connectivity index (χ4v) is 2.60. The van der Waals surface area contributed by atoms with Crippen molar-refractivity contribution >= 4 is 34.1 Å². The average molecular weight is 361 g/mol. The molecular weight excluding hydrogens is 344 g/mol. The van der Waals surface area contributed by atoms with Crippen molar-refractivity contribution in [2.45, 2.75) is 13.3 Å². The van der Waals surface area contributed by atoms with Crippen LogP contribution in [0, 0.1) is 0 Å². The van der Waals surface area contributed by atoms with Crippen LogP contribution in [0.5, 0.6) is 5.75 Å². The highest BCUT2D eigenvalue weighted by molar-refractivity contribution is 9.10. The Morgan fingerprint density at radius 1 is 1.18 bits per heavy atom. The normalized spacial score (nSPS) is 10.9. The van der Waals surface area contributed by atoms with E-state index in [0.29, 0.717) is 17.7 Å². The largest absolute Gasteiger partial charge is 0.496 e. The summed E-state index contributed by atoms with van der Waals surface area (Å²) in [6, 6.07) is 11.2. The molecule has 2 aromatic carbocycles. The molecule has 0 aliphatic rings. The maximum Gasteiger partial charge on any atom is 0.335 e. The summed E-state index contributed by atoms with van der Waals surface area (Å²) in [5.74, 6) is -0.243. The predicted molar refractivity (Wildman–Crippen MR) is 92.4 cm³/mol. The van der Waals surface area contributed by atoms with Crippen LogP contribution in [0.25, 0.3) is 12.2 Å². The van der Waals surface area contributed by atoms with Crippen molar-refractivity contribution in [2.24, 2.45) is 0 Å². The van der Waals surface area contributed by atoms with Crippen LogP contribution >= 0.6 is 15.9 Å². The minimum atomic E-state index is -0.919. The molecule has 0 fully saturated rings. The van der Waals surface area contributed by atoms with E-state index in [9.17, 15) is 9.90 Å². The summed E-state index contributed by atoms with van der Waals surface area (Å²) in [5.41, 5.74) is 2.94. The zero-order valence-corrected chi connectivity index (χ0v) is 14.1. The number of benzene rings is 2. The minimum absolute atomic E-state index is 0.318. The van der Waals surface area contributed by atoms with Gasteiger partial charge in [0.05, 0.1) is 12.7 Å². The van der Waals surface area contributed by atoms with Crippen molar-refractivity contribution in [3.63, 3.8) is 0 Å². The summed E-state index contributed by atoms with van der Waals surface area (Å²) in [6.07, 6.45) is 4.49. The fraction of sp³-hybridized carbons (Fsp3) is 0.167. The van der Waals surface area contributed by atoms with Crippen molar-refractivity contribution in [1.29, 1.82) is 0 Å². The van der Waals surface area contributed by atoms with E-state index in [1.54, 1.807) is 19.2 Å². The summed E-state index contributed by atoms with van der Waals surface area (Å²) < 4.78 is 6.40. The van der Waals surface area contributed by atoms with Crippen LogP contribution in [0.4, 0.5) is 0 Å². The number of carbonyl (C=O) groups is 1. The third-order valence-electron chi connectivity index (χ3n) is 3.43. The van der Waals surface area contributed by atoms with E-state index in [4.69, 9.17) is 4.74 Å². The molecule has 0 unspecified atom stereocenters. The zero-order chi connectivity index (χ0) is 16.1. The number of hydrogen-bond acceptors (Lipinski definition) is 2. The first-order valence-electron chi connectivity index (χ1n) is 6.93. The van der Waals surface area contributed by atoms with Gasteiger partial charge < -0.3 is 9.84 Å². The van der Waals surface area contributed by atoms with Crippen LogP contribution in [0.2, 0.25) is 0 Å². The molecule has 3 nitrogen and oxygen atoms in total. The number of ether oxygens (including phenoxy) is 1. The molecule has 0 radical (unpaired) electrons. The van der Waals surface area contributed by atoms with Crippen molar-refractivity contribution in [1.82, 2.24) is 0 Å². The molecule has 0 amide bonds. The molecule has 0 aliphatic carbocycles. The van der Waals surface area contributed by atoms with E-state index in [-0.39, 0.29) is 0 Å². The van der Waals surface area contributed by atoms with Crippen LogP contribution in [0.15, 0.2) is 40.9 Å². The number of rotatable bonds is 5. The van der Waals surface area contributed by atoms with Gasteiger partial charge in [-0.25, -0.2) is 4.79 Å². The van der Waals surface area contributed by atoms with Gasteiger partial charge in [-0.15, -0.1) is 0 Å². The number of aromatic carboxylic acids is 1. The number of halogens is 1. The Balaban J connectivity index is 2.49. The van der Waals surface area contributed by atoms with E-state index in [1.165, 1.54) is 0 Å². The predicted octanol–water partition coefficient (Wildman–Crippen LogP) is 4.89. The van der Waals surface area contributed by atoms with Gasteiger partial charge in [0.2, 0.25) is 0 Å². The van der Waals surface area contributed by atoms with Crippen LogP contribution in [-0.4, -0.2) is 18.2 Å². The molecule has 0 spiro atoms. The standard InChI is InChI=1S/C18H17BrO3/c1-3-14-15(9-6-12-4-7-13(19)8-5-12)17(22-2)11-10-16(14)18(20)21/h4-11H,3H2,1-2H3,(H,20,21). The molecule has 2 rings (SSSR count). The lowest BCUT2D eigenvalue weighted by atomic mass is 9.97. The second kappa shape index (κ2) is 7.27. The lowest BCUT2D eigenvalue weighted by Crippen LogP contribution is -2.05. The third kappa shape index (κ3) is 3.57. The van der Waals surface area contributed by atoms with Crippen LogP contribution < -0.4 is 4.74 Å². The molecule has 1 N–H and O–H groups in total. The molecular formula is C18H17BrO3. The molecule has 22 heavy (non-hydrogen) atoms. The number of methoxy groups -OCH3 is 1. The van der Waals surface area contributed by atoms with E-state index < -0.39 is 5.97 Å². The molecule has 114 valence electrons. The topological polar surface area (TPSA) is 46.5 Å². The molecule has 0 aromatic heterocycles. The molecule has 2 aromatic rings. The molecule has 0 heterocycles. The zero-order valence-electron chi connectivity index (χ0n) is 12.5. The first-order valence-corrected chi connectivity index (χ1v) is 7.73. The Labute approximate surface area is 138 Å². The number of hydrogen-bond donors (Lipinski definition) is 1. The third-order valence-corrected chi connectivity index (χ3v) is 3.96. The van der Waals surface area contributed by atoms with Gasteiger partial charge in [0.1, 0.15) is 5.75 Å².